The summed E-state index contributed by atoms with van der Waals surface area (Å²) in [5.74, 6) is 0.931. The van der Waals surface area contributed by atoms with E-state index in [1.807, 2.05) is 60.7 Å². The van der Waals surface area contributed by atoms with Crippen LogP contribution in [0.3, 0.4) is 0 Å². The van der Waals surface area contributed by atoms with Crippen molar-refractivity contribution < 1.29 is 4.79 Å². The van der Waals surface area contributed by atoms with Crippen LogP contribution in [0.15, 0.2) is 65.7 Å². The Morgan fingerprint density at radius 1 is 1.03 bits per heavy atom. The molecule has 0 amide bonds. The summed E-state index contributed by atoms with van der Waals surface area (Å²) in [6.07, 6.45) is 1.10. The second-order valence-corrected chi connectivity index (χ2v) is 7.58. The Labute approximate surface area is 180 Å². The maximum absolute atomic E-state index is 12.7. The summed E-state index contributed by atoms with van der Waals surface area (Å²) in [6, 6.07) is 19.2. The van der Waals surface area contributed by atoms with E-state index in [2.05, 4.69) is 26.9 Å². The van der Waals surface area contributed by atoms with Gasteiger partial charge in [0.25, 0.3) is 0 Å². The third-order valence-corrected chi connectivity index (χ3v) is 5.50. The number of benzene rings is 2. The van der Waals surface area contributed by atoms with Gasteiger partial charge < -0.3 is 10.6 Å². The number of aliphatic imine (C=N–C) groups is 1. The minimum Gasteiger partial charge on any atom is -0.356 e. The van der Waals surface area contributed by atoms with E-state index in [1.165, 1.54) is 11.5 Å². The van der Waals surface area contributed by atoms with Crippen molar-refractivity contribution in [2.24, 2.45) is 4.99 Å². The summed E-state index contributed by atoms with van der Waals surface area (Å²) in [7, 11) is 0. The third kappa shape index (κ3) is 5.02. The predicted octanol–water partition coefficient (Wildman–Crippen LogP) is 4.52. The van der Waals surface area contributed by atoms with E-state index >= 15 is 0 Å². The largest absolute Gasteiger partial charge is 0.356 e. The lowest BCUT2D eigenvalue weighted by molar-refractivity contribution is 0.103. The molecule has 2 heterocycles. The summed E-state index contributed by atoms with van der Waals surface area (Å²) >= 11 is 1.39. The van der Waals surface area contributed by atoms with Gasteiger partial charge in [0.2, 0.25) is 0 Å². The second-order valence-electron chi connectivity index (χ2n) is 6.80. The summed E-state index contributed by atoms with van der Waals surface area (Å²) in [4.78, 5) is 17.3. The summed E-state index contributed by atoms with van der Waals surface area (Å²) < 4.78 is 4.58. The zero-order chi connectivity index (χ0) is 19.3. The van der Waals surface area contributed by atoms with E-state index < -0.39 is 0 Å². The van der Waals surface area contributed by atoms with Gasteiger partial charge in [-0.2, -0.15) is 4.37 Å². The molecule has 0 bridgehead atoms. The average Bonchev–Trinajstić information content (AvgIpc) is 3.22. The SMILES string of the molecule is CC(c1cccc(C(=O)c2ccccc2)c1)c1cc(N=C2NCCCN2)sn1.Cl. The van der Waals surface area contributed by atoms with E-state index in [4.69, 9.17) is 0 Å². The number of nitrogens with one attached hydrogen (secondary N) is 2. The molecule has 0 saturated carbocycles. The molecule has 7 heteroatoms. The maximum atomic E-state index is 12.7. The Bertz CT molecular complexity index is 995. The Kier molecular flexibility index (Phi) is 7.01. The highest BCUT2D eigenvalue weighted by atomic mass is 35.5. The number of guanidine groups is 1. The fraction of sp³-hybridized carbons (Fsp3) is 0.227. The van der Waals surface area contributed by atoms with Crippen molar-refractivity contribution >= 4 is 40.7 Å². The van der Waals surface area contributed by atoms with Crippen LogP contribution in [0.2, 0.25) is 0 Å². The van der Waals surface area contributed by atoms with Gasteiger partial charge in [-0.25, -0.2) is 4.99 Å². The zero-order valence-electron chi connectivity index (χ0n) is 16.1. The van der Waals surface area contributed by atoms with Gasteiger partial charge in [-0.15, -0.1) is 12.4 Å². The molecule has 29 heavy (non-hydrogen) atoms. The van der Waals surface area contributed by atoms with E-state index in [0.29, 0.717) is 11.1 Å². The monoisotopic (exact) mass is 426 g/mol. The number of halogens is 1. The molecule has 0 aliphatic carbocycles. The van der Waals surface area contributed by atoms with Crippen LogP contribution in [-0.4, -0.2) is 29.2 Å². The Morgan fingerprint density at radius 2 is 1.76 bits per heavy atom. The molecule has 1 saturated heterocycles. The first-order valence-corrected chi connectivity index (χ1v) is 10.2. The molecule has 2 aromatic carbocycles. The van der Waals surface area contributed by atoms with E-state index in [0.717, 1.165) is 41.7 Å². The highest BCUT2D eigenvalue weighted by molar-refractivity contribution is 7.09. The fourth-order valence-corrected chi connectivity index (χ4v) is 3.88. The van der Waals surface area contributed by atoms with Crippen molar-refractivity contribution in [3.8, 4) is 0 Å². The van der Waals surface area contributed by atoms with Gasteiger partial charge in [-0.3, -0.25) is 4.79 Å². The standard InChI is InChI=1S/C22H22N4OS.ClH/c1-15(19-14-20(28-26-19)25-22-23-11-6-12-24-22)17-9-5-10-18(13-17)21(27)16-7-3-2-4-8-16;/h2-5,7-10,13-15H,6,11-12H2,1H3,(H2,23,24,25);1H. The zero-order valence-corrected chi connectivity index (χ0v) is 17.7. The van der Waals surface area contributed by atoms with Crippen LogP contribution in [0.4, 0.5) is 5.00 Å². The van der Waals surface area contributed by atoms with Crippen molar-refractivity contribution in [3.05, 3.63) is 83.0 Å². The van der Waals surface area contributed by atoms with Gasteiger partial charge in [-0.05, 0) is 35.6 Å². The molecule has 5 nitrogen and oxygen atoms in total. The number of rotatable bonds is 5. The molecule has 1 aromatic heterocycles. The van der Waals surface area contributed by atoms with Gasteiger partial charge in [0.15, 0.2) is 11.7 Å². The van der Waals surface area contributed by atoms with Crippen LogP contribution in [0.1, 0.15) is 46.4 Å². The quantitative estimate of drug-likeness (QED) is 0.589. The highest BCUT2D eigenvalue weighted by Crippen LogP contribution is 2.30. The normalized spacial score (nSPS) is 14.2. The molecular formula is C22H23ClN4OS. The van der Waals surface area contributed by atoms with Gasteiger partial charge in [0.1, 0.15) is 5.00 Å². The Morgan fingerprint density at radius 3 is 2.52 bits per heavy atom. The topological polar surface area (TPSA) is 66.4 Å². The maximum Gasteiger partial charge on any atom is 0.197 e. The van der Waals surface area contributed by atoms with Crippen LogP contribution < -0.4 is 10.6 Å². The molecule has 1 aliphatic rings. The molecule has 4 rings (SSSR count). The lowest BCUT2D eigenvalue weighted by Gasteiger charge is -2.16. The van der Waals surface area contributed by atoms with Crippen LogP contribution in [0.5, 0.6) is 0 Å². The number of nitrogens with zero attached hydrogens (tertiary/aromatic N) is 2. The molecular weight excluding hydrogens is 404 g/mol. The Balaban J connectivity index is 0.00000240. The highest BCUT2D eigenvalue weighted by Gasteiger charge is 2.16. The van der Waals surface area contributed by atoms with E-state index in [-0.39, 0.29) is 24.1 Å². The van der Waals surface area contributed by atoms with Gasteiger partial charge in [0, 0.05) is 30.1 Å². The summed E-state index contributed by atoms with van der Waals surface area (Å²) in [6.45, 7) is 3.99. The molecule has 3 aromatic rings. The van der Waals surface area contributed by atoms with Crippen LogP contribution in [0.25, 0.3) is 0 Å². The summed E-state index contributed by atoms with van der Waals surface area (Å²) in [5, 5.41) is 7.38. The molecule has 1 unspecified atom stereocenters. The first-order chi connectivity index (χ1) is 13.7. The van der Waals surface area contributed by atoms with E-state index in [9.17, 15) is 4.79 Å². The van der Waals surface area contributed by atoms with Crippen LogP contribution in [0, 0.1) is 0 Å². The second kappa shape index (κ2) is 9.67. The van der Waals surface area contributed by atoms with Gasteiger partial charge in [-0.1, -0.05) is 55.5 Å². The third-order valence-electron chi connectivity index (χ3n) is 4.80. The first kappa shape index (κ1) is 21.0. The minimum atomic E-state index is 0. The number of carbonyl (C=O) groups is 1. The smallest absolute Gasteiger partial charge is 0.197 e. The van der Waals surface area contributed by atoms with Gasteiger partial charge >= 0.3 is 0 Å². The molecule has 1 aliphatic heterocycles. The Hall–Kier alpha value is -2.70. The molecule has 1 fully saturated rings. The number of aromatic nitrogens is 1. The fourth-order valence-electron chi connectivity index (χ4n) is 3.17. The number of carbonyl (C=O) groups excluding carboxylic acids is 1. The first-order valence-electron chi connectivity index (χ1n) is 9.43. The van der Waals surface area contributed by atoms with Crippen molar-refractivity contribution in [1.29, 1.82) is 0 Å². The number of hydrogen-bond acceptors (Lipinski definition) is 4. The lowest BCUT2D eigenvalue weighted by Crippen LogP contribution is -2.43. The molecule has 150 valence electrons. The molecule has 1 atom stereocenters. The average molecular weight is 427 g/mol. The van der Waals surface area contributed by atoms with Crippen molar-refractivity contribution in [3.63, 3.8) is 0 Å². The number of ketones is 1. The predicted molar refractivity (Wildman–Crippen MR) is 121 cm³/mol. The van der Waals surface area contributed by atoms with Crippen LogP contribution >= 0.6 is 23.9 Å². The molecule has 0 spiro atoms. The van der Waals surface area contributed by atoms with Crippen LogP contribution in [-0.2, 0) is 0 Å². The molecule has 2 N–H and O–H groups in total. The number of hydrogen-bond donors (Lipinski definition) is 2. The van der Waals surface area contributed by atoms with Crippen molar-refractivity contribution in [2.45, 2.75) is 19.3 Å². The van der Waals surface area contributed by atoms with Gasteiger partial charge in [0.05, 0.1) is 5.69 Å². The van der Waals surface area contributed by atoms with Crippen molar-refractivity contribution in [2.75, 3.05) is 13.1 Å². The van der Waals surface area contributed by atoms with Crippen molar-refractivity contribution in [1.82, 2.24) is 15.0 Å². The van der Waals surface area contributed by atoms with E-state index in [1.54, 1.807) is 0 Å². The minimum absolute atomic E-state index is 0. The lowest BCUT2D eigenvalue weighted by atomic mass is 9.94. The summed E-state index contributed by atoms with van der Waals surface area (Å²) in [5.41, 5.74) is 3.43. The molecule has 0 radical (unpaired) electrons.